The molecule has 1 fully saturated rings. The molecule has 2 heterocycles. The van der Waals surface area contributed by atoms with Gasteiger partial charge < -0.3 is 18.9 Å². The zero-order chi connectivity index (χ0) is 23.0. The Hall–Kier alpha value is -2.70. The van der Waals surface area contributed by atoms with Gasteiger partial charge in [-0.25, -0.2) is 0 Å². The largest absolute Gasteiger partial charge is 0.494 e. The molecule has 1 atom stereocenters. The number of carbonyl (C=O) groups is 1. The van der Waals surface area contributed by atoms with Crippen LogP contribution in [0.3, 0.4) is 0 Å². The molecule has 0 saturated carbocycles. The summed E-state index contributed by atoms with van der Waals surface area (Å²) in [4.78, 5) is 14.5. The van der Waals surface area contributed by atoms with Gasteiger partial charge in [-0.3, -0.25) is 4.79 Å². The first kappa shape index (κ1) is 23.5. The highest BCUT2D eigenvalue weighted by atomic mass is 16.5. The maximum Gasteiger partial charge on any atom is 0.167 e. The minimum absolute atomic E-state index is 0.0876. The standard InChI is InChI=1S/C27H34N2O4/c1-3-24(30)27(31-2)21-10-12-22(13-11-21)32-19-7-6-16-29-17-14-20(15-18-29)26-23-8-4-5-9-25(23)33-28-26/h4-5,8-13,20,27H,3,6-7,14-19H2,1-2H3. The third kappa shape index (κ3) is 5.81. The summed E-state index contributed by atoms with van der Waals surface area (Å²) in [5, 5.41) is 5.52. The van der Waals surface area contributed by atoms with E-state index in [2.05, 4.69) is 22.2 Å². The van der Waals surface area contributed by atoms with Gasteiger partial charge in [-0.15, -0.1) is 0 Å². The first-order chi connectivity index (χ1) is 16.2. The Labute approximate surface area is 195 Å². The SMILES string of the molecule is CCC(=O)C(OC)c1ccc(OCCCCN2CCC(c3noc4ccccc34)CC2)cc1. The second-order valence-electron chi connectivity index (χ2n) is 8.74. The van der Waals surface area contributed by atoms with Crippen molar-refractivity contribution in [2.24, 2.45) is 0 Å². The Morgan fingerprint density at radius 2 is 1.88 bits per heavy atom. The normalized spacial score (nSPS) is 16.2. The Bertz CT molecular complexity index is 1020. The van der Waals surface area contributed by atoms with E-state index in [0.29, 0.717) is 18.9 Å². The van der Waals surface area contributed by atoms with Gasteiger partial charge in [0.1, 0.15) is 11.9 Å². The van der Waals surface area contributed by atoms with E-state index < -0.39 is 6.10 Å². The van der Waals surface area contributed by atoms with E-state index in [9.17, 15) is 4.79 Å². The summed E-state index contributed by atoms with van der Waals surface area (Å²) in [7, 11) is 1.57. The molecule has 2 aromatic carbocycles. The highest BCUT2D eigenvalue weighted by molar-refractivity contribution is 5.84. The van der Waals surface area contributed by atoms with E-state index in [1.807, 2.05) is 43.3 Å². The van der Waals surface area contributed by atoms with Gasteiger partial charge in [0.25, 0.3) is 0 Å². The van der Waals surface area contributed by atoms with E-state index in [0.717, 1.165) is 73.3 Å². The molecule has 176 valence electrons. The van der Waals surface area contributed by atoms with Crippen LogP contribution in [0, 0.1) is 0 Å². The van der Waals surface area contributed by atoms with Crippen LogP contribution in [0.2, 0.25) is 0 Å². The number of methoxy groups -OCH3 is 1. The Morgan fingerprint density at radius 3 is 2.61 bits per heavy atom. The number of piperidine rings is 1. The van der Waals surface area contributed by atoms with E-state index >= 15 is 0 Å². The van der Waals surface area contributed by atoms with Crippen molar-refractivity contribution < 1.29 is 18.8 Å². The number of hydrogen-bond donors (Lipinski definition) is 0. The van der Waals surface area contributed by atoms with Crippen LogP contribution >= 0.6 is 0 Å². The average Bonchev–Trinajstić information content (AvgIpc) is 3.29. The number of Topliss-reactive ketones (excluding diaryl/α,β-unsaturated/α-hetero) is 1. The summed E-state index contributed by atoms with van der Waals surface area (Å²) in [6.45, 7) is 5.86. The molecule has 1 saturated heterocycles. The molecule has 1 aliphatic rings. The fourth-order valence-electron chi connectivity index (χ4n) is 4.63. The zero-order valence-corrected chi connectivity index (χ0v) is 19.7. The molecular formula is C27H34N2O4. The molecule has 0 N–H and O–H groups in total. The molecule has 0 radical (unpaired) electrons. The van der Waals surface area contributed by atoms with E-state index in [-0.39, 0.29) is 5.78 Å². The summed E-state index contributed by atoms with van der Waals surface area (Å²) >= 11 is 0. The molecule has 0 amide bonds. The molecule has 1 unspecified atom stereocenters. The molecule has 0 spiro atoms. The predicted molar refractivity (Wildman–Crippen MR) is 129 cm³/mol. The van der Waals surface area contributed by atoms with Crippen molar-refractivity contribution in [2.75, 3.05) is 33.4 Å². The number of ether oxygens (including phenoxy) is 2. The van der Waals surface area contributed by atoms with Gasteiger partial charge in [-0.2, -0.15) is 0 Å². The van der Waals surface area contributed by atoms with Crippen molar-refractivity contribution in [3.05, 3.63) is 59.8 Å². The first-order valence-corrected chi connectivity index (χ1v) is 12.0. The van der Waals surface area contributed by atoms with Crippen LogP contribution in [0.1, 0.15) is 62.3 Å². The average molecular weight is 451 g/mol. The summed E-state index contributed by atoms with van der Waals surface area (Å²) < 4.78 is 16.7. The Kier molecular flexibility index (Phi) is 8.13. The highest BCUT2D eigenvalue weighted by Crippen LogP contribution is 2.32. The summed E-state index contributed by atoms with van der Waals surface area (Å²) in [5.74, 6) is 1.41. The smallest absolute Gasteiger partial charge is 0.167 e. The zero-order valence-electron chi connectivity index (χ0n) is 19.7. The highest BCUT2D eigenvalue weighted by Gasteiger charge is 2.24. The van der Waals surface area contributed by atoms with Gasteiger partial charge in [-0.05, 0) is 75.1 Å². The molecular weight excluding hydrogens is 416 g/mol. The number of hydrogen-bond acceptors (Lipinski definition) is 6. The van der Waals surface area contributed by atoms with Crippen molar-refractivity contribution in [3.63, 3.8) is 0 Å². The monoisotopic (exact) mass is 450 g/mol. The molecule has 6 nitrogen and oxygen atoms in total. The molecule has 4 rings (SSSR count). The minimum Gasteiger partial charge on any atom is -0.494 e. The lowest BCUT2D eigenvalue weighted by Gasteiger charge is -2.31. The van der Waals surface area contributed by atoms with E-state index in [1.165, 1.54) is 0 Å². The molecule has 33 heavy (non-hydrogen) atoms. The van der Waals surface area contributed by atoms with Gasteiger partial charge in [0.15, 0.2) is 11.4 Å². The quantitative estimate of drug-likeness (QED) is 0.358. The van der Waals surface area contributed by atoms with Crippen molar-refractivity contribution in [3.8, 4) is 5.75 Å². The summed E-state index contributed by atoms with van der Waals surface area (Å²) in [6.07, 6.45) is 4.36. The van der Waals surface area contributed by atoms with Crippen LogP contribution < -0.4 is 4.74 Å². The van der Waals surface area contributed by atoms with Gasteiger partial charge in [-0.1, -0.05) is 36.3 Å². The van der Waals surface area contributed by atoms with Crippen LogP contribution in [-0.2, 0) is 9.53 Å². The number of aromatic nitrogens is 1. The Morgan fingerprint density at radius 1 is 1.12 bits per heavy atom. The summed E-state index contributed by atoms with van der Waals surface area (Å²) in [6, 6.07) is 15.8. The lowest BCUT2D eigenvalue weighted by Crippen LogP contribution is -2.34. The molecule has 0 bridgehead atoms. The van der Waals surface area contributed by atoms with Crippen LogP contribution in [0.25, 0.3) is 11.0 Å². The van der Waals surface area contributed by atoms with Crippen LogP contribution in [0.4, 0.5) is 0 Å². The number of benzene rings is 2. The molecule has 1 aliphatic heterocycles. The van der Waals surface area contributed by atoms with Crippen LogP contribution in [0.5, 0.6) is 5.75 Å². The lowest BCUT2D eigenvalue weighted by atomic mass is 9.91. The number of rotatable bonds is 11. The van der Waals surface area contributed by atoms with E-state index in [1.54, 1.807) is 7.11 Å². The number of ketones is 1. The topological polar surface area (TPSA) is 64.8 Å². The fraction of sp³-hybridized carbons (Fsp3) is 0.481. The van der Waals surface area contributed by atoms with Crippen molar-refractivity contribution in [1.82, 2.24) is 10.1 Å². The Balaban J connectivity index is 1.15. The maximum absolute atomic E-state index is 12.0. The van der Waals surface area contributed by atoms with Crippen molar-refractivity contribution >= 4 is 16.8 Å². The molecule has 6 heteroatoms. The molecule has 0 aliphatic carbocycles. The fourth-order valence-corrected chi connectivity index (χ4v) is 4.63. The number of nitrogens with zero attached hydrogens (tertiary/aromatic N) is 2. The van der Waals surface area contributed by atoms with Gasteiger partial charge >= 0.3 is 0 Å². The first-order valence-electron chi connectivity index (χ1n) is 12.0. The lowest BCUT2D eigenvalue weighted by molar-refractivity contribution is -0.128. The third-order valence-electron chi connectivity index (χ3n) is 6.58. The number of unbranched alkanes of at least 4 members (excludes halogenated alkanes) is 1. The minimum atomic E-state index is -0.490. The van der Waals surface area contributed by atoms with Crippen LogP contribution in [0.15, 0.2) is 53.1 Å². The maximum atomic E-state index is 12.0. The van der Waals surface area contributed by atoms with Gasteiger partial charge in [0.05, 0.1) is 12.3 Å². The van der Waals surface area contributed by atoms with Crippen molar-refractivity contribution in [1.29, 1.82) is 0 Å². The van der Waals surface area contributed by atoms with Crippen LogP contribution in [-0.4, -0.2) is 49.2 Å². The number of fused-ring (bicyclic) bond motifs is 1. The van der Waals surface area contributed by atoms with E-state index in [4.69, 9.17) is 14.0 Å². The predicted octanol–water partition coefficient (Wildman–Crippen LogP) is 5.53. The van der Waals surface area contributed by atoms with Gasteiger partial charge in [0, 0.05) is 24.8 Å². The molecule has 3 aromatic rings. The number of likely N-dealkylation sites (tertiary alicyclic amines) is 1. The molecule has 1 aromatic heterocycles. The third-order valence-corrected chi connectivity index (χ3v) is 6.58. The van der Waals surface area contributed by atoms with Crippen molar-refractivity contribution in [2.45, 2.75) is 51.0 Å². The number of carbonyl (C=O) groups excluding carboxylic acids is 1. The second kappa shape index (κ2) is 11.4. The van der Waals surface area contributed by atoms with Gasteiger partial charge in [0.2, 0.25) is 0 Å². The second-order valence-corrected chi connectivity index (χ2v) is 8.74. The summed E-state index contributed by atoms with van der Waals surface area (Å²) in [5.41, 5.74) is 2.89. The number of para-hydroxylation sites is 1.